The van der Waals surface area contributed by atoms with Crippen molar-refractivity contribution in [2.24, 2.45) is 11.7 Å². The van der Waals surface area contributed by atoms with Crippen molar-refractivity contribution < 1.29 is 9.32 Å². The van der Waals surface area contributed by atoms with Gasteiger partial charge >= 0.3 is 0 Å². The van der Waals surface area contributed by atoms with Crippen LogP contribution in [0.2, 0.25) is 0 Å². The quantitative estimate of drug-likeness (QED) is 0.874. The predicted molar refractivity (Wildman–Crippen MR) is 70.4 cm³/mol. The van der Waals surface area contributed by atoms with Crippen molar-refractivity contribution in [1.29, 1.82) is 0 Å². The number of amides is 1. The van der Waals surface area contributed by atoms with E-state index in [9.17, 15) is 4.79 Å². The predicted octanol–water partition coefficient (Wildman–Crippen LogP) is 1.46. The first-order chi connectivity index (χ1) is 8.09. The van der Waals surface area contributed by atoms with Gasteiger partial charge in [0.25, 0.3) is 0 Å². The van der Waals surface area contributed by atoms with Gasteiger partial charge in [-0.3, -0.25) is 4.79 Å². The number of nitrogens with two attached hydrogens (primary N) is 1. The van der Waals surface area contributed by atoms with E-state index < -0.39 is 0 Å². The summed E-state index contributed by atoms with van der Waals surface area (Å²) in [6, 6.07) is 0.0136. The lowest BCUT2D eigenvalue weighted by molar-refractivity contribution is -0.125. The molecule has 5 nitrogen and oxygen atoms in total. The Balaban J connectivity index is 0.00000162. The second-order valence-corrected chi connectivity index (χ2v) is 4.72. The second kappa shape index (κ2) is 6.20. The molecule has 3 N–H and O–H groups in total. The summed E-state index contributed by atoms with van der Waals surface area (Å²) >= 11 is 0. The van der Waals surface area contributed by atoms with Crippen LogP contribution in [-0.2, 0) is 11.3 Å². The third-order valence-electron chi connectivity index (χ3n) is 3.53. The molecule has 0 bridgehead atoms. The van der Waals surface area contributed by atoms with E-state index in [1.807, 2.05) is 13.8 Å². The SMILES string of the molecule is Cc1noc(C)c1CNC(=O)C1CCCC1N.Cl. The van der Waals surface area contributed by atoms with Crippen LogP contribution in [0.3, 0.4) is 0 Å². The van der Waals surface area contributed by atoms with Crippen LogP contribution < -0.4 is 11.1 Å². The van der Waals surface area contributed by atoms with Crippen molar-refractivity contribution in [2.45, 2.75) is 45.7 Å². The van der Waals surface area contributed by atoms with Crippen LogP contribution in [0.15, 0.2) is 4.52 Å². The van der Waals surface area contributed by atoms with Gasteiger partial charge in [-0.05, 0) is 26.7 Å². The minimum Gasteiger partial charge on any atom is -0.361 e. The fourth-order valence-electron chi connectivity index (χ4n) is 2.38. The molecule has 1 amide bonds. The van der Waals surface area contributed by atoms with Gasteiger partial charge in [-0.15, -0.1) is 12.4 Å². The minimum atomic E-state index is -0.0320. The van der Waals surface area contributed by atoms with Crippen molar-refractivity contribution in [3.8, 4) is 0 Å². The fourth-order valence-corrected chi connectivity index (χ4v) is 2.38. The zero-order chi connectivity index (χ0) is 12.4. The lowest BCUT2D eigenvalue weighted by Gasteiger charge is -2.14. The van der Waals surface area contributed by atoms with Gasteiger partial charge in [0.1, 0.15) is 5.76 Å². The number of carbonyl (C=O) groups excluding carboxylic acids is 1. The minimum absolute atomic E-state index is 0. The number of halogens is 1. The standard InChI is InChI=1S/C12H19N3O2.ClH/c1-7-10(8(2)17-15-7)6-14-12(16)9-4-3-5-11(9)13;/h9,11H,3-6,13H2,1-2H3,(H,14,16);1H. The second-order valence-electron chi connectivity index (χ2n) is 4.72. The molecule has 1 aromatic rings. The topological polar surface area (TPSA) is 81.2 Å². The van der Waals surface area contributed by atoms with Crippen molar-refractivity contribution in [3.05, 3.63) is 17.0 Å². The monoisotopic (exact) mass is 273 g/mol. The van der Waals surface area contributed by atoms with Crippen LogP contribution in [0.1, 0.15) is 36.3 Å². The highest BCUT2D eigenvalue weighted by atomic mass is 35.5. The molecule has 1 aliphatic rings. The molecule has 0 radical (unpaired) electrons. The van der Waals surface area contributed by atoms with Crippen LogP contribution in [-0.4, -0.2) is 17.1 Å². The van der Waals surface area contributed by atoms with Crippen molar-refractivity contribution in [1.82, 2.24) is 10.5 Å². The number of hydrogen-bond acceptors (Lipinski definition) is 4. The Morgan fingerprint density at radius 2 is 2.22 bits per heavy atom. The molecule has 0 aliphatic heterocycles. The Hall–Kier alpha value is -1.07. The van der Waals surface area contributed by atoms with Gasteiger partial charge in [0.15, 0.2) is 0 Å². The van der Waals surface area contributed by atoms with E-state index >= 15 is 0 Å². The number of nitrogens with one attached hydrogen (secondary N) is 1. The van der Waals surface area contributed by atoms with E-state index in [0.717, 1.165) is 36.3 Å². The van der Waals surface area contributed by atoms with E-state index in [2.05, 4.69) is 10.5 Å². The molecule has 2 rings (SSSR count). The van der Waals surface area contributed by atoms with Gasteiger partial charge in [-0.1, -0.05) is 11.6 Å². The fraction of sp³-hybridized carbons (Fsp3) is 0.667. The van der Waals surface area contributed by atoms with Gasteiger partial charge in [-0.2, -0.15) is 0 Å². The van der Waals surface area contributed by atoms with E-state index in [-0.39, 0.29) is 30.3 Å². The summed E-state index contributed by atoms with van der Waals surface area (Å²) in [5, 5.41) is 6.78. The van der Waals surface area contributed by atoms with E-state index in [1.165, 1.54) is 0 Å². The molecule has 2 atom stereocenters. The maximum atomic E-state index is 11.9. The molecule has 6 heteroatoms. The zero-order valence-electron chi connectivity index (χ0n) is 10.7. The molecule has 0 saturated heterocycles. The summed E-state index contributed by atoms with van der Waals surface area (Å²) < 4.78 is 5.05. The van der Waals surface area contributed by atoms with Crippen molar-refractivity contribution in [3.63, 3.8) is 0 Å². The number of nitrogens with zero attached hydrogens (tertiary/aromatic N) is 1. The maximum Gasteiger partial charge on any atom is 0.224 e. The molecule has 102 valence electrons. The Kier molecular flexibility index (Phi) is 5.16. The molecule has 1 fully saturated rings. The Morgan fingerprint density at radius 3 is 2.72 bits per heavy atom. The van der Waals surface area contributed by atoms with E-state index in [1.54, 1.807) is 0 Å². The zero-order valence-corrected chi connectivity index (χ0v) is 11.5. The molecule has 18 heavy (non-hydrogen) atoms. The Bertz CT molecular complexity index is 400. The first kappa shape index (κ1) is 15.0. The van der Waals surface area contributed by atoms with Crippen molar-refractivity contribution >= 4 is 18.3 Å². The summed E-state index contributed by atoms with van der Waals surface area (Å²) in [5.74, 6) is 0.781. The highest BCUT2D eigenvalue weighted by molar-refractivity contribution is 5.85. The summed E-state index contributed by atoms with van der Waals surface area (Å²) in [4.78, 5) is 11.9. The summed E-state index contributed by atoms with van der Waals surface area (Å²) in [5.41, 5.74) is 7.69. The number of hydrogen-bond donors (Lipinski definition) is 2. The number of aryl methyl sites for hydroxylation is 2. The maximum absolute atomic E-state index is 11.9. The van der Waals surface area contributed by atoms with Gasteiger partial charge in [0.05, 0.1) is 11.6 Å². The lowest BCUT2D eigenvalue weighted by Crippen LogP contribution is -2.38. The van der Waals surface area contributed by atoms with Gasteiger partial charge < -0.3 is 15.6 Å². The van der Waals surface area contributed by atoms with Crippen LogP contribution in [0.5, 0.6) is 0 Å². The smallest absolute Gasteiger partial charge is 0.224 e. The summed E-state index contributed by atoms with van der Waals surface area (Å²) in [7, 11) is 0. The van der Waals surface area contributed by atoms with Gasteiger partial charge in [-0.25, -0.2) is 0 Å². The first-order valence-corrected chi connectivity index (χ1v) is 6.04. The average Bonchev–Trinajstić information content (AvgIpc) is 2.84. The molecule has 1 aromatic heterocycles. The molecular weight excluding hydrogens is 254 g/mol. The largest absolute Gasteiger partial charge is 0.361 e. The Morgan fingerprint density at radius 1 is 1.50 bits per heavy atom. The van der Waals surface area contributed by atoms with Crippen LogP contribution in [0.25, 0.3) is 0 Å². The van der Waals surface area contributed by atoms with Crippen molar-refractivity contribution in [2.75, 3.05) is 0 Å². The summed E-state index contributed by atoms with van der Waals surface area (Å²) in [6.07, 6.45) is 2.89. The number of rotatable bonds is 3. The molecule has 1 aliphatic carbocycles. The van der Waals surface area contributed by atoms with Crippen LogP contribution in [0, 0.1) is 19.8 Å². The van der Waals surface area contributed by atoms with Gasteiger partial charge in [0.2, 0.25) is 5.91 Å². The Labute approximate surface area is 113 Å². The number of carbonyl (C=O) groups is 1. The molecule has 0 aromatic carbocycles. The highest BCUT2D eigenvalue weighted by Crippen LogP contribution is 2.24. The van der Waals surface area contributed by atoms with E-state index in [4.69, 9.17) is 10.3 Å². The van der Waals surface area contributed by atoms with Gasteiger partial charge in [0, 0.05) is 18.2 Å². The molecular formula is C12H20ClN3O2. The van der Waals surface area contributed by atoms with Crippen LogP contribution in [0.4, 0.5) is 0 Å². The first-order valence-electron chi connectivity index (χ1n) is 6.04. The third kappa shape index (κ3) is 3.03. The van der Waals surface area contributed by atoms with Crippen LogP contribution >= 0.6 is 12.4 Å². The molecule has 1 saturated carbocycles. The summed E-state index contributed by atoms with van der Waals surface area (Å²) in [6.45, 7) is 4.20. The van der Waals surface area contributed by atoms with E-state index in [0.29, 0.717) is 6.54 Å². The normalized spacial score (nSPS) is 22.6. The lowest BCUT2D eigenvalue weighted by atomic mass is 10.0. The average molecular weight is 274 g/mol. The molecule has 1 heterocycles. The molecule has 2 unspecified atom stereocenters. The third-order valence-corrected chi connectivity index (χ3v) is 3.53. The molecule has 0 spiro atoms. The number of aromatic nitrogens is 1. The highest BCUT2D eigenvalue weighted by Gasteiger charge is 2.30.